The fourth-order valence-electron chi connectivity index (χ4n) is 2.83. The van der Waals surface area contributed by atoms with Gasteiger partial charge in [-0.25, -0.2) is 9.97 Å². The third-order valence-corrected chi connectivity index (χ3v) is 4.17. The fraction of sp³-hybridized carbons (Fsp3) is 0.100. The molecular formula is C20H14F6N6O4. The standard InChI is InChI=1S/C10H6F3N3O3.C10H8F3N3O/c11-10(12,13)19-7-1-2-8(9(5-7)16(17)18)15-4-3-14-6-15;11-10(12,13)17-7-1-2-9(8(14)5-7)16-4-3-15-6-16/h1-6H;1-6H,14H2. The van der Waals surface area contributed by atoms with Gasteiger partial charge >= 0.3 is 12.7 Å². The second-order valence-corrected chi connectivity index (χ2v) is 6.66. The zero-order valence-corrected chi connectivity index (χ0v) is 17.6. The molecule has 10 nitrogen and oxygen atoms in total. The van der Waals surface area contributed by atoms with Crippen molar-refractivity contribution in [3.8, 4) is 22.9 Å². The first kappa shape index (κ1) is 25.9. The maximum atomic E-state index is 12.0. The topological polar surface area (TPSA) is 123 Å². The minimum atomic E-state index is -4.90. The van der Waals surface area contributed by atoms with Crippen LogP contribution in [-0.2, 0) is 0 Å². The average molecular weight is 516 g/mol. The van der Waals surface area contributed by atoms with E-state index < -0.39 is 29.1 Å². The molecule has 2 heterocycles. The summed E-state index contributed by atoms with van der Waals surface area (Å²) in [5.41, 5.74) is 5.93. The first-order valence-corrected chi connectivity index (χ1v) is 9.48. The largest absolute Gasteiger partial charge is 0.573 e. The zero-order chi connectivity index (χ0) is 26.5. The van der Waals surface area contributed by atoms with Crippen LogP contribution in [-0.4, -0.2) is 36.8 Å². The number of nitro benzene ring substituents is 1. The summed E-state index contributed by atoms with van der Waals surface area (Å²) in [6, 6.07) is 6.60. The third kappa shape index (κ3) is 7.12. The van der Waals surface area contributed by atoms with Crippen molar-refractivity contribution >= 4 is 11.4 Å². The number of nitrogens with zero attached hydrogens (tertiary/aromatic N) is 5. The molecule has 16 heteroatoms. The van der Waals surface area contributed by atoms with E-state index in [0.29, 0.717) is 11.8 Å². The van der Waals surface area contributed by atoms with Crippen molar-refractivity contribution in [2.45, 2.75) is 12.7 Å². The van der Waals surface area contributed by atoms with Crippen LogP contribution >= 0.6 is 0 Å². The highest BCUT2D eigenvalue weighted by atomic mass is 19.4. The predicted molar refractivity (Wildman–Crippen MR) is 112 cm³/mol. The van der Waals surface area contributed by atoms with Gasteiger partial charge in [-0.05, 0) is 24.3 Å². The molecule has 0 atom stereocenters. The van der Waals surface area contributed by atoms with E-state index >= 15 is 0 Å². The van der Waals surface area contributed by atoms with Crippen LogP contribution < -0.4 is 15.2 Å². The van der Waals surface area contributed by atoms with E-state index in [1.165, 1.54) is 41.7 Å². The van der Waals surface area contributed by atoms with Crippen molar-refractivity contribution in [1.82, 2.24) is 19.1 Å². The van der Waals surface area contributed by atoms with E-state index in [1.807, 2.05) is 0 Å². The summed E-state index contributed by atoms with van der Waals surface area (Å²) in [5, 5.41) is 10.9. The summed E-state index contributed by atoms with van der Waals surface area (Å²) in [6.07, 6.45) is -0.817. The Balaban J connectivity index is 0.000000202. The van der Waals surface area contributed by atoms with Gasteiger partial charge in [-0.2, -0.15) is 0 Å². The van der Waals surface area contributed by atoms with Crippen LogP contribution in [0.2, 0.25) is 0 Å². The summed E-state index contributed by atoms with van der Waals surface area (Å²) in [4.78, 5) is 17.6. The van der Waals surface area contributed by atoms with Gasteiger partial charge in [0.25, 0.3) is 5.69 Å². The number of hydrogen-bond acceptors (Lipinski definition) is 7. The molecule has 36 heavy (non-hydrogen) atoms. The van der Waals surface area contributed by atoms with Gasteiger partial charge < -0.3 is 24.3 Å². The van der Waals surface area contributed by atoms with Crippen molar-refractivity contribution in [3.05, 3.63) is 84.0 Å². The van der Waals surface area contributed by atoms with Crippen molar-refractivity contribution in [3.63, 3.8) is 0 Å². The molecule has 4 aromatic rings. The summed E-state index contributed by atoms with van der Waals surface area (Å²) >= 11 is 0. The Morgan fingerprint density at radius 1 is 0.806 bits per heavy atom. The van der Waals surface area contributed by atoms with Crippen LogP contribution in [0.3, 0.4) is 0 Å². The number of anilines is 1. The Morgan fingerprint density at radius 3 is 1.69 bits per heavy atom. The third-order valence-electron chi connectivity index (χ3n) is 4.17. The molecule has 0 spiro atoms. The summed E-state index contributed by atoms with van der Waals surface area (Å²) < 4.78 is 82.3. The molecule has 0 aliphatic heterocycles. The molecule has 0 aliphatic carbocycles. The van der Waals surface area contributed by atoms with Crippen LogP contribution in [0.4, 0.5) is 37.7 Å². The Hall–Kier alpha value is -4.76. The second-order valence-electron chi connectivity index (χ2n) is 6.66. The predicted octanol–water partition coefficient (Wildman–Crippen LogP) is 5.03. The molecule has 0 saturated carbocycles. The lowest BCUT2D eigenvalue weighted by Gasteiger charge is -2.11. The van der Waals surface area contributed by atoms with Gasteiger partial charge in [0.1, 0.15) is 17.2 Å². The van der Waals surface area contributed by atoms with Crippen LogP contribution in [0.1, 0.15) is 0 Å². The summed E-state index contributed by atoms with van der Waals surface area (Å²) in [5.74, 6) is -0.998. The van der Waals surface area contributed by atoms with E-state index in [-0.39, 0.29) is 17.1 Å². The summed E-state index contributed by atoms with van der Waals surface area (Å²) in [6.45, 7) is 0. The lowest BCUT2D eigenvalue weighted by Crippen LogP contribution is -2.17. The number of imidazole rings is 2. The molecule has 4 rings (SSSR count). The Morgan fingerprint density at radius 2 is 1.28 bits per heavy atom. The molecule has 0 bridgehead atoms. The number of benzene rings is 2. The molecule has 0 amide bonds. The van der Waals surface area contributed by atoms with Crippen LogP contribution in [0.25, 0.3) is 11.4 Å². The number of ether oxygens (including phenoxy) is 2. The van der Waals surface area contributed by atoms with Gasteiger partial charge in [-0.1, -0.05) is 0 Å². The van der Waals surface area contributed by atoms with Crippen LogP contribution in [0, 0.1) is 10.1 Å². The van der Waals surface area contributed by atoms with Crippen molar-refractivity contribution in [1.29, 1.82) is 0 Å². The Bertz CT molecular complexity index is 1310. The van der Waals surface area contributed by atoms with Crippen LogP contribution in [0.5, 0.6) is 11.5 Å². The summed E-state index contributed by atoms with van der Waals surface area (Å²) in [7, 11) is 0. The molecule has 190 valence electrons. The zero-order valence-electron chi connectivity index (χ0n) is 17.6. The number of halogens is 6. The number of aromatic nitrogens is 4. The lowest BCUT2D eigenvalue weighted by molar-refractivity contribution is -0.384. The molecule has 0 unspecified atom stereocenters. The number of alkyl halides is 6. The highest BCUT2D eigenvalue weighted by Gasteiger charge is 2.32. The molecule has 2 N–H and O–H groups in total. The van der Waals surface area contributed by atoms with E-state index in [1.54, 1.807) is 17.0 Å². The number of nitrogen functional groups attached to an aromatic ring is 1. The maximum Gasteiger partial charge on any atom is 0.573 e. The van der Waals surface area contributed by atoms with Gasteiger partial charge in [0, 0.05) is 30.9 Å². The molecule has 0 aliphatic rings. The minimum Gasteiger partial charge on any atom is -0.406 e. The number of nitro groups is 1. The first-order valence-electron chi connectivity index (χ1n) is 9.48. The fourth-order valence-corrected chi connectivity index (χ4v) is 2.83. The minimum absolute atomic E-state index is 0.0945. The average Bonchev–Trinajstić information content (AvgIpc) is 3.46. The van der Waals surface area contributed by atoms with E-state index in [2.05, 4.69) is 19.4 Å². The smallest absolute Gasteiger partial charge is 0.406 e. The van der Waals surface area contributed by atoms with Gasteiger partial charge in [0.05, 0.1) is 35.0 Å². The second kappa shape index (κ2) is 10.2. The Kier molecular flexibility index (Phi) is 7.36. The van der Waals surface area contributed by atoms with Crippen LogP contribution in [0.15, 0.2) is 73.8 Å². The normalized spacial score (nSPS) is 11.4. The van der Waals surface area contributed by atoms with Crippen molar-refractivity contribution < 1.29 is 40.7 Å². The van der Waals surface area contributed by atoms with E-state index in [4.69, 9.17) is 5.73 Å². The monoisotopic (exact) mass is 516 g/mol. The first-order chi connectivity index (χ1) is 16.8. The number of nitrogens with two attached hydrogens (primary N) is 1. The van der Waals surface area contributed by atoms with Gasteiger partial charge in [-0.3, -0.25) is 10.1 Å². The molecular weight excluding hydrogens is 502 g/mol. The Labute approximate surface area is 197 Å². The van der Waals surface area contributed by atoms with Crippen molar-refractivity contribution in [2.75, 3.05) is 5.73 Å². The highest BCUT2D eigenvalue weighted by molar-refractivity contribution is 5.60. The SMILES string of the molecule is Nc1cc(OC(F)(F)F)ccc1-n1ccnc1.O=[N+]([O-])c1cc(OC(F)(F)F)ccc1-n1ccnc1. The molecule has 0 fully saturated rings. The molecule has 2 aromatic heterocycles. The quantitative estimate of drug-likeness (QED) is 0.171. The van der Waals surface area contributed by atoms with Crippen molar-refractivity contribution in [2.24, 2.45) is 0 Å². The number of hydrogen-bond donors (Lipinski definition) is 1. The lowest BCUT2D eigenvalue weighted by atomic mass is 10.2. The maximum absolute atomic E-state index is 12.0. The van der Waals surface area contributed by atoms with Gasteiger partial charge in [0.15, 0.2) is 0 Å². The molecule has 0 saturated heterocycles. The molecule has 0 radical (unpaired) electrons. The molecule has 2 aromatic carbocycles. The number of rotatable bonds is 5. The van der Waals surface area contributed by atoms with E-state index in [9.17, 15) is 36.5 Å². The van der Waals surface area contributed by atoms with Gasteiger partial charge in [0.2, 0.25) is 0 Å². The highest BCUT2D eigenvalue weighted by Crippen LogP contribution is 2.31. The van der Waals surface area contributed by atoms with E-state index in [0.717, 1.165) is 18.2 Å². The van der Waals surface area contributed by atoms with Gasteiger partial charge in [-0.15, -0.1) is 26.3 Å².